The maximum Gasteiger partial charge on any atom is 0.161 e. The lowest BCUT2D eigenvalue weighted by molar-refractivity contribution is 1.02. The molecule has 3 aromatic heterocycles. The average Bonchev–Trinajstić information content (AvgIpc) is 2.49. The lowest BCUT2D eigenvalue weighted by Gasteiger charge is -2.05. The molecule has 18 heavy (non-hydrogen) atoms. The van der Waals surface area contributed by atoms with Crippen molar-refractivity contribution in [2.75, 3.05) is 0 Å². The molecule has 0 spiro atoms. The summed E-state index contributed by atoms with van der Waals surface area (Å²) in [5.74, 6) is 0.591. The predicted molar refractivity (Wildman–Crippen MR) is 64.1 cm³/mol. The van der Waals surface area contributed by atoms with Crippen molar-refractivity contribution in [1.82, 2.24) is 30.1 Å². The summed E-state index contributed by atoms with van der Waals surface area (Å²) in [6.45, 7) is 0. The standard InChI is InChI=1S/C12H8N6/c1-2-15-12(16-3-1)10-7-18-17-6-9(10)11-8-13-4-5-14-11/h1-8H. The third kappa shape index (κ3) is 1.91. The Morgan fingerprint density at radius 3 is 2.17 bits per heavy atom. The van der Waals surface area contributed by atoms with Gasteiger partial charge in [-0.05, 0) is 6.07 Å². The van der Waals surface area contributed by atoms with Gasteiger partial charge in [-0.2, -0.15) is 10.2 Å². The highest BCUT2D eigenvalue weighted by molar-refractivity contribution is 5.76. The van der Waals surface area contributed by atoms with Gasteiger partial charge in [0, 0.05) is 30.4 Å². The first kappa shape index (κ1) is 10.4. The van der Waals surface area contributed by atoms with E-state index >= 15 is 0 Å². The van der Waals surface area contributed by atoms with Gasteiger partial charge in [0.2, 0.25) is 0 Å². The highest BCUT2D eigenvalue weighted by atomic mass is 15.1. The lowest BCUT2D eigenvalue weighted by atomic mass is 10.1. The Labute approximate surface area is 103 Å². The molecule has 0 amide bonds. The summed E-state index contributed by atoms with van der Waals surface area (Å²) in [5, 5.41) is 7.74. The molecule has 0 fully saturated rings. The van der Waals surface area contributed by atoms with Gasteiger partial charge in [-0.3, -0.25) is 9.97 Å². The van der Waals surface area contributed by atoms with Crippen molar-refractivity contribution in [3.8, 4) is 22.6 Å². The predicted octanol–water partition coefficient (Wildman–Crippen LogP) is 1.39. The molecule has 0 bridgehead atoms. The van der Waals surface area contributed by atoms with Crippen LogP contribution in [0, 0.1) is 0 Å². The summed E-state index contributed by atoms with van der Waals surface area (Å²) in [6, 6.07) is 1.76. The topological polar surface area (TPSA) is 77.3 Å². The maximum atomic E-state index is 4.25. The SMILES string of the molecule is c1cnc(-c2cnncc2-c2cnccn2)nc1. The molecule has 0 N–H and O–H groups in total. The summed E-state index contributed by atoms with van der Waals surface area (Å²) in [7, 11) is 0. The van der Waals surface area contributed by atoms with Crippen LogP contribution in [-0.2, 0) is 0 Å². The van der Waals surface area contributed by atoms with Crippen LogP contribution in [-0.4, -0.2) is 30.1 Å². The van der Waals surface area contributed by atoms with Crippen molar-refractivity contribution < 1.29 is 0 Å². The molecule has 86 valence electrons. The van der Waals surface area contributed by atoms with Crippen LogP contribution < -0.4 is 0 Å². The minimum Gasteiger partial charge on any atom is -0.261 e. The number of aromatic nitrogens is 6. The van der Waals surface area contributed by atoms with Crippen LogP contribution in [0.1, 0.15) is 0 Å². The minimum atomic E-state index is 0.591. The Morgan fingerprint density at radius 2 is 1.44 bits per heavy atom. The zero-order chi connectivity index (χ0) is 12.2. The van der Waals surface area contributed by atoms with Gasteiger partial charge in [0.15, 0.2) is 5.82 Å². The van der Waals surface area contributed by atoms with Crippen molar-refractivity contribution in [2.45, 2.75) is 0 Å². The van der Waals surface area contributed by atoms with Gasteiger partial charge in [0.25, 0.3) is 0 Å². The fourth-order valence-electron chi connectivity index (χ4n) is 1.58. The molecule has 0 atom stereocenters. The Kier molecular flexibility index (Phi) is 2.67. The third-order valence-corrected chi connectivity index (χ3v) is 2.38. The van der Waals surface area contributed by atoms with E-state index in [0.29, 0.717) is 5.82 Å². The van der Waals surface area contributed by atoms with Crippen LogP contribution in [0.3, 0.4) is 0 Å². The van der Waals surface area contributed by atoms with Crippen LogP contribution >= 0.6 is 0 Å². The van der Waals surface area contributed by atoms with Crippen molar-refractivity contribution in [3.63, 3.8) is 0 Å². The van der Waals surface area contributed by atoms with Crippen molar-refractivity contribution in [3.05, 3.63) is 49.4 Å². The zero-order valence-electron chi connectivity index (χ0n) is 9.30. The van der Waals surface area contributed by atoms with E-state index in [0.717, 1.165) is 16.8 Å². The first-order valence-electron chi connectivity index (χ1n) is 5.29. The lowest BCUT2D eigenvalue weighted by Crippen LogP contribution is -1.95. The Bertz CT molecular complexity index is 582. The van der Waals surface area contributed by atoms with E-state index in [4.69, 9.17) is 0 Å². The molecule has 0 unspecified atom stereocenters. The molecule has 0 saturated heterocycles. The summed E-state index contributed by atoms with van der Waals surface area (Å²) in [6.07, 6.45) is 11.5. The largest absolute Gasteiger partial charge is 0.261 e. The fourth-order valence-corrected chi connectivity index (χ4v) is 1.58. The van der Waals surface area contributed by atoms with Crippen molar-refractivity contribution >= 4 is 0 Å². The second-order valence-corrected chi connectivity index (χ2v) is 3.48. The Hall–Kier alpha value is -2.76. The van der Waals surface area contributed by atoms with Crippen LogP contribution in [0.25, 0.3) is 22.6 Å². The first-order chi connectivity index (χ1) is 8.95. The second-order valence-electron chi connectivity index (χ2n) is 3.48. The van der Waals surface area contributed by atoms with E-state index in [1.165, 1.54) is 0 Å². The normalized spacial score (nSPS) is 10.2. The smallest absolute Gasteiger partial charge is 0.161 e. The van der Waals surface area contributed by atoms with Gasteiger partial charge in [-0.25, -0.2) is 9.97 Å². The van der Waals surface area contributed by atoms with Gasteiger partial charge in [-0.1, -0.05) is 0 Å². The average molecular weight is 236 g/mol. The van der Waals surface area contributed by atoms with Gasteiger partial charge in [0.05, 0.1) is 29.8 Å². The molecular weight excluding hydrogens is 228 g/mol. The minimum absolute atomic E-state index is 0.591. The molecule has 3 aromatic rings. The molecule has 3 rings (SSSR count). The molecule has 3 heterocycles. The van der Waals surface area contributed by atoms with E-state index in [1.54, 1.807) is 49.4 Å². The Morgan fingerprint density at radius 1 is 0.667 bits per heavy atom. The monoisotopic (exact) mass is 236 g/mol. The molecule has 0 saturated carbocycles. The van der Waals surface area contributed by atoms with Crippen LogP contribution in [0.5, 0.6) is 0 Å². The first-order valence-corrected chi connectivity index (χ1v) is 5.29. The zero-order valence-corrected chi connectivity index (χ0v) is 9.30. The number of nitrogens with zero attached hydrogens (tertiary/aromatic N) is 6. The highest BCUT2D eigenvalue weighted by Crippen LogP contribution is 2.25. The van der Waals surface area contributed by atoms with Gasteiger partial charge < -0.3 is 0 Å². The van der Waals surface area contributed by atoms with E-state index in [9.17, 15) is 0 Å². The van der Waals surface area contributed by atoms with E-state index in [-0.39, 0.29) is 0 Å². The van der Waals surface area contributed by atoms with E-state index in [1.807, 2.05) is 0 Å². The molecule has 0 radical (unpaired) electrons. The van der Waals surface area contributed by atoms with Gasteiger partial charge in [0.1, 0.15) is 0 Å². The highest BCUT2D eigenvalue weighted by Gasteiger charge is 2.10. The number of rotatable bonds is 2. The molecule has 6 nitrogen and oxygen atoms in total. The summed E-state index contributed by atoms with van der Waals surface area (Å²) >= 11 is 0. The molecule has 0 aromatic carbocycles. The van der Waals surface area contributed by atoms with E-state index < -0.39 is 0 Å². The molecule has 6 heteroatoms. The Balaban J connectivity index is 2.18. The quantitative estimate of drug-likeness (QED) is 0.669. The second kappa shape index (κ2) is 4.62. The molecule has 0 aliphatic rings. The van der Waals surface area contributed by atoms with Crippen molar-refractivity contribution in [2.24, 2.45) is 0 Å². The van der Waals surface area contributed by atoms with Crippen molar-refractivity contribution in [1.29, 1.82) is 0 Å². The van der Waals surface area contributed by atoms with Crippen LogP contribution in [0.4, 0.5) is 0 Å². The fraction of sp³-hybridized carbons (Fsp3) is 0. The summed E-state index contributed by atoms with van der Waals surface area (Å²) in [5.41, 5.74) is 2.31. The number of hydrogen-bond donors (Lipinski definition) is 0. The maximum absolute atomic E-state index is 4.25. The van der Waals surface area contributed by atoms with Crippen LogP contribution in [0.15, 0.2) is 49.4 Å². The molecular formula is C12H8N6. The number of hydrogen-bond acceptors (Lipinski definition) is 6. The molecule has 0 aliphatic heterocycles. The van der Waals surface area contributed by atoms with Gasteiger partial charge in [-0.15, -0.1) is 0 Å². The molecule has 0 aliphatic carbocycles. The third-order valence-electron chi connectivity index (χ3n) is 2.38. The van der Waals surface area contributed by atoms with Crippen LogP contribution in [0.2, 0.25) is 0 Å². The van der Waals surface area contributed by atoms with E-state index in [2.05, 4.69) is 30.1 Å². The van der Waals surface area contributed by atoms with Gasteiger partial charge >= 0.3 is 0 Å². The summed E-state index contributed by atoms with van der Waals surface area (Å²) < 4.78 is 0. The summed E-state index contributed by atoms with van der Waals surface area (Å²) in [4.78, 5) is 16.7.